The van der Waals surface area contributed by atoms with Gasteiger partial charge in [-0.3, -0.25) is 9.59 Å². The predicted molar refractivity (Wildman–Crippen MR) is 88.9 cm³/mol. The van der Waals surface area contributed by atoms with Crippen LogP contribution >= 0.6 is 0 Å². The topological polar surface area (TPSA) is 113 Å². The Bertz CT molecular complexity index is 794. The van der Waals surface area contributed by atoms with Crippen LogP contribution in [-0.4, -0.2) is 31.4 Å². The monoisotopic (exact) mass is 350 g/mol. The molecular formula is C16H18N2O5S. The number of anilines is 1. The maximum absolute atomic E-state index is 12.4. The Hall–Kier alpha value is -2.45. The molecule has 24 heavy (non-hydrogen) atoms. The standard InChI is InChI=1S/C16H18N2O5S/c1-11(19)17-13-7-9-14(10-8-13)24(22,23)18-15(16(20)21)12-5-3-2-4-6-12/h2-3,6-10,15,18H,4-5H2,1H3,(H,17,19)(H,20,21)/t15-/m0/s1. The molecule has 0 spiro atoms. The summed E-state index contributed by atoms with van der Waals surface area (Å²) in [4.78, 5) is 22.3. The van der Waals surface area contributed by atoms with Crippen LogP contribution in [0.25, 0.3) is 0 Å². The predicted octanol–water partition coefficient (Wildman–Crippen LogP) is 1.65. The third-order valence-electron chi connectivity index (χ3n) is 3.41. The fraction of sp³-hybridized carbons (Fsp3) is 0.250. The van der Waals surface area contributed by atoms with Gasteiger partial charge in [-0.15, -0.1) is 0 Å². The van der Waals surface area contributed by atoms with Crippen molar-refractivity contribution in [1.82, 2.24) is 4.72 Å². The molecule has 0 unspecified atom stereocenters. The van der Waals surface area contributed by atoms with Crippen LogP contribution in [0, 0.1) is 0 Å². The second-order valence-electron chi connectivity index (χ2n) is 5.29. The van der Waals surface area contributed by atoms with Crippen LogP contribution in [0.15, 0.2) is 53.0 Å². The summed E-state index contributed by atoms with van der Waals surface area (Å²) in [6.45, 7) is 1.34. The van der Waals surface area contributed by atoms with Crippen molar-refractivity contribution in [2.45, 2.75) is 30.7 Å². The molecule has 1 aromatic carbocycles. The molecule has 0 saturated carbocycles. The van der Waals surface area contributed by atoms with E-state index in [0.29, 0.717) is 24.1 Å². The first-order valence-electron chi connectivity index (χ1n) is 7.26. The molecule has 3 N–H and O–H groups in total. The third-order valence-corrected chi connectivity index (χ3v) is 4.85. The third kappa shape index (κ3) is 4.53. The number of allylic oxidation sites excluding steroid dienone is 3. The zero-order chi connectivity index (χ0) is 17.7. The van der Waals surface area contributed by atoms with Crippen molar-refractivity contribution in [2.24, 2.45) is 0 Å². The molecule has 1 atom stereocenters. The van der Waals surface area contributed by atoms with Gasteiger partial charge in [0.05, 0.1) is 4.90 Å². The summed E-state index contributed by atoms with van der Waals surface area (Å²) in [6.07, 6.45) is 6.37. The molecule has 0 fully saturated rings. The largest absolute Gasteiger partial charge is 0.480 e. The molecule has 0 heterocycles. The Morgan fingerprint density at radius 1 is 1.17 bits per heavy atom. The Kier molecular flexibility index (Phi) is 5.53. The molecule has 2 rings (SSSR count). The zero-order valence-electron chi connectivity index (χ0n) is 13.0. The van der Waals surface area contributed by atoms with E-state index >= 15 is 0 Å². The number of benzene rings is 1. The molecule has 1 aliphatic rings. The molecule has 128 valence electrons. The Balaban J connectivity index is 2.20. The lowest BCUT2D eigenvalue weighted by molar-refractivity contribution is -0.138. The number of rotatable bonds is 6. The van der Waals surface area contributed by atoms with Gasteiger partial charge in [0.15, 0.2) is 0 Å². The van der Waals surface area contributed by atoms with Crippen LogP contribution in [-0.2, 0) is 19.6 Å². The SMILES string of the molecule is CC(=O)Nc1ccc(S(=O)(=O)N[C@H](C(=O)O)C2=CCC=CC2)cc1. The molecular weight excluding hydrogens is 332 g/mol. The first-order chi connectivity index (χ1) is 11.3. The van der Waals surface area contributed by atoms with E-state index in [9.17, 15) is 23.1 Å². The van der Waals surface area contributed by atoms with Gasteiger partial charge in [-0.1, -0.05) is 18.2 Å². The Labute approximate surface area is 140 Å². The summed E-state index contributed by atoms with van der Waals surface area (Å²) in [6, 6.07) is 4.18. The molecule has 1 aliphatic carbocycles. The minimum Gasteiger partial charge on any atom is -0.480 e. The summed E-state index contributed by atoms with van der Waals surface area (Å²) >= 11 is 0. The van der Waals surface area contributed by atoms with E-state index in [1.807, 2.05) is 12.2 Å². The number of hydrogen-bond acceptors (Lipinski definition) is 4. The minimum absolute atomic E-state index is 0.0743. The highest BCUT2D eigenvalue weighted by Gasteiger charge is 2.28. The zero-order valence-corrected chi connectivity index (χ0v) is 13.8. The van der Waals surface area contributed by atoms with Crippen molar-refractivity contribution in [3.63, 3.8) is 0 Å². The van der Waals surface area contributed by atoms with Gasteiger partial charge in [-0.05, 0) is 42.7 Å². The lowest BCUT2D eigenvalue weighted by Crippen LogP contribution is -2.42. The lowest BCUT2D eigenvalue weighted by Gasteiger charge is -2.19. The number of carbonyl (C=O) groups is 2. The second-order valence-corrected chi connectivity index (χ2v) is 7.00. The molecule has 0 bridgehead atoms. The van der Waals surface area contributed by atoms with Crippen molar-refractivity contribution >= 4 is 27.6 Å². The molecule has 1 amide bonds. The van der Waals surface area contributed by atoms with Crippen LogP contribution in [0.1, 0.15) is 19.8 Å². The number of aliphatic carboxylic acids is 1. The fourth-order valence-corrected chi connectivity index (χ4v) is 3.48. The number of carboxylic acid groups (broad SMARTS) is 1. The van der Waals surface area contributed by atoms with E-state index in [1.165, 1.54) is 31.2 Å². The van der Waals surface area contributed by atoms with Crippen LogP contribution in [0.3, 0.4) is 0 Å². The van der Waals surface area contributed by atoms with E-state index < -0.39 is 22.0 Å². The summed E-state index contributed by atoms with van der Waals surface area (Å²) in [5, 5.41) is 11.9. The van der Waals surface area contributed by atoms with Gasteiger partial charge in [0.2, 0.25) is 15.9 Å². The first-order valence-corrected chi connectivity index (χ1v) is 8.74. The average Bonchev–Trinajstić information content (AvgIpc) is 2.53. The number of nitrogens with one attached hydrogen (secondary N) is 2. The average molecular weight is 350 g/mol. The Morgan fingerprint density at radius 2 is 1.83 bits per heavy atom. The molecule has 0 radical (unpaired) electrons. The number of carbonyl (C=O) groups excluding carboxylic acids is 1. The molecule has 0 saturated heterocycles. The highest BCUT2D eigenvalue weighted by atomic mass is 32.2. The summed E-state index contributed by atoms with van der Waals surface area (Å²) < 4.78 is 27.1. The van der Waals surface area contributed by atoms with E-state index in [1.54, 1.807) is 6.08 Å². The van der Waals surface area contributed by atoms with Crippen LogP contribution in [0.5, 0.6) is 0 Å². The normalized spacial score (nSPS) is 15.5. The molecule has 8 heteroatoms. The van der Waals surface area contributed by atoms with E-state index in [2.05, 4.69) is 10.0 Å². The number of sulfonamides is 1. The maximum atomic E-state index is 12.4. The maximum Gasteiger partial charge on any atom is 0.326 e. The van der Waals surface area contributed by atoms with Gasteiger partial charge in [-0.25, -0.2) is 8.42 Å². The molecule has 7 nitrogen and oxygen atoms in total. The number of hydrogen-bond donors (Lipinski definition) is 3. The van der Waals surface area contributed by atoms with Crippen molar-refractivity contribution in [2.75, 3.05) is 5.32 Å². The Morgan fingerprint density at radius 3 is 2.33 bits per heavy atom. The van der Waals surface area contributed by atoms with Gasteiger partial charge < -0.3 is 10.4 Å². The van der Waals surface area contributed by atoms with Gasteiger partial charge >= 0.3 is 5.97 Å². The van der Waals surface area contributed by atoms with E-state index in [-0.39, 0.29) is 10.8 Å². The number of amides is 1. The summed E-state index contributed by atoms with van der Waals surface area (Å²) in [5.41, 5.74) is 0.958. The quantitative estimate of drug-likeness (QED) is 0.675. The van der Waals surface area contributed by atoms with E-state index in [0.717, 1.165) is 0 Å². The molecule has 1 aromatic rings. The smallest absolute Gasteiger partial charge is 0.326 e. The fourth-order valence-electron chi connectivity index (χ4n) is 2.28. The molecule has 0 aromatic heterocycles. The van der Waals surface area contributed by atoms with Crippen LogP contribution in [0.4, 0.5) is 5.69 Å². The first kappa shape index (κ1) is 17.9. The van der Waals surface area contributed by atoms with Crippen molar-refractivity contribution in [3.8, 4) is 0 Å². The lowest BCUT2D eigenvalue weighted by atomic mass is 9.99. The molecule has 0 aliphatic heterocycles. The van der Waals surface area contributed by atoms with Crippen LogP contribution in [0.2, 0.25) is 0 Å². The van der Waals surface area contributed by atoms with Crippen molar-refractivity contribution in [3.05, 3.63) is 48.1 Å². The van der Waals surface area contributed by atoms with Crippen molar-refractivity contribution in [1.29, 1.82) is 0 Å². The van der Waals surface area contributed by atoms with Gasteiger partial charge in [-0.2, -0.15) is 4.72 Å². The second kappa shape index (κ2) is 7.41. The highest BCUT2D eigenvalue weighted by molar-refractivity contribution is 7.89. The minimum atomic E-state index is -4.01. The summed E-state index contributed by atoms with van der Waals surface area (Å²) in [5.74, 6) is -1.53. The number of carboxylic acids is 1. The van der Waals surface area contributed by atoms with Gasteiger partial charge in [0, 0.05) is 12.6 Å². The van der Waals surface area contributed by atoms with Crippen LogP contribution < -0.4 is 10.0 Å². The highest BCUT2D eigenvalue weighted by Crippen LogP contribution is 2.19. The van der Waals surface area contributed by atoms with Gasteiger partial charge in [0.1, 0.15) is 6.04 Å². The van der Waals surface area contributed by atoms with Gasteiger partial charge in [0.25, 0.3) is 0 Å². The summed E-state index contributed by atoms with van der Waals surface area (Å²) in [7, 11) is -4.01. The van der Waals surface area contributed by atoms with Crippen molar-refractivity contribution < 1.29 is 23.1 Å². The van der Waals surface area contributed by atoms with E-state index in [4.69, 9.17) is 0 Å².